The van der Waals surface area contributed by atoms with E-state index < -0.39 is 29.5 Å². The smallest absolute Gasteiger partial charge is 0.416 e. The second kappa shape index (κ2) is 9.58. The molecule has 5 nitrogen and oxygen atoms in total. The molecule has 1 amide bonds. The highest BCUT2D eigenvalue weighted by atomic mass is 32.1. The number of anilines is 1. The number of aryl methyl sites for hydroxylation is 1. The number of aliphatic hydroxyl groups excluding tert-OH is 1. The lowest BCUT2D eigenvalue weighted by Gasteiger charge is -2.25. The summed E-state index contributed by atoms with van der Waals surface area (Å²) >= 11 is 1.29. The zero-order chi connectivity index (χ0) is 25.3. The SMILES string of the molecule is CCCOc1ccc(/C(O)=C2/C(=O)C(=O)N(c3ccc(C(F)(F)F)cc3)C2c2sccc2C)cc1. The van der Waals surface area contributed by atoms with Crippen LogP contribution >= 0.6 is 11.3 Å². The molecule has 2 heterocycles. The molecule has 1 aliphatic heterocycles. The van der Waals surface area contributed by atoms with Crippen LogP contribution in [0.1, 0.15) is 41.0 Å². The molecule has 0 saturated carbocycles. The van der Waals surface area contributed by atoms with E-state index in [0.29, 0.717) is 22.8 Å². The van der Waals surface area contributed by atoms with Gasteiger partial charge in [-0.3, -0.25) is 14.5 Å². The number of rotatable bonds is 6. The Labute approximate surface area is 204 Å². The molecule has 9 heteroatoms. The van der Waals surface area contributed by atoms with Crippen LogP contribution in [-0.4, -0.2) is 23.4 Å². The Morgan fingerprint density at radius 3 is 2.26 bits per heavy atom. The van der Waals surface area contributed by atoms with Crippen molar-refractivity contribution in [1.29, 1.82) is 0 Å². The normalized spacial score (nSPS) is 17.7. The zero-order valence-electron chi connectivity index (χ0n) is 18.9. The van der Waals surface area contributed by atoms with E-state index in [2.05, 4.69) is 0 Å². The summed E-state index contributed by atoms with van der Waals surface area (Å²) in [5, 5.41) is 12.9. The van der Waals surface area contributed by atoms with Gasteiger partial charge in [-0.1, -0.05) is 6.92 Å². The number of hydrogen-bond acceptors (Lipinski definition) is 5. The van der Waals surface area contributed by atoms with Gasteiger partial charge in [-0.15, -0.1) is 11.3 Å². The highest BCUT2D eigenvalue weighted by Crippen LogP contribution is 2.45. The molecule has 0 radical (unpaired) electrons. The van der Waals surface area contributed by atoms with E-state index in [1.165, 1.54) is 11.3 Å². The lowest BCUT2D eigenvalue weighted by Crippen LogP contribution is -2.29. The fraction of sp³-hybridized carbons (Fsp3) is 0.231. The summed E-state index contributed by atoms with van der Waals surface area (Å²) in [5.74, 6) is -1.60. The van der Waals surface area contributed by atoms with Crippen molar-refractivity contribution in [3.8, 4) is 5.75 Å². The van der Waals surface area contributed by atoms with Crippen LogP contribution in [-0.2, 0) is 15.8 Å². The maximum Gasteiger partial charge on any atom is 0.416 e. The van der Waals surface area contributed by atoms with Gasteiger partial charge in [0.05, 0.1) is 17.7 Å². The van der Waals surface area contributed by atoms with Crippen LogP contribution in [0.25, 0.3) is 5.76 Å². The number of hydrogen-bond donors (Lipinski definition) is 1. The summed E-state index contributed by atoms with van der Waals surface area (Å²) in [5.41, 5.74) is 0.238. The fourth-order valence-electron chi connectivity index (χ4n) is 3.91. The number of Topliss-reactive ketones (excluding diaryl/α,β-unsaturated/α-hetero) is 1. The van der Waals surface area contributed by atoms with Crippen LogP contribution in [0.15, 0.2) is 65.6 Å². The molecule has 1 N–H and O–H groups in total. The van der Waals surface area contributed by atoms with Gasteiger partial charge in [0, 0.05) is 16.1 Å². The molecule has 2 aromatic carbocycles. The Morgan fingerprint density at radius 2 is 1.71 bits per heavy atom. The molecular formula is C26H22F3NO4S. The van der Waals surface area contributed by atoms with E-state index in [1.807, 2.05) is 13.0 Å². The highest BCUT2D eigenvalue weighted by molar-refractivity contribution is 7.10. The molecule has 1 fully saturated rings. The number of alkyl halides is 3. The maximum atomic E-state index is 13.1. The summed E-state index contributed by atoms with van der Waals surface area (Å²) in [6.07, 6.45) is -3.71. The van der Waals surface area contributed by atoms with Gasteiger partial charge < -0.3 is 9.84 Å². The first kappa shape index (κ1) is 24.5. The number of ketones is 1. The molecular weight excluding hydrogens is 479 g/mol. The zero-order valence-corrected chi connectivity index (χ0v) is 19.7. The first-order valence-corrected chi connectivity index (χ1v) is 11.8. The Morgan fingerprint density at radius 1 is 1.06 bits per heavy atom. The monoisotopic (exact) mass is 501 g/mol. The van der Waals surface area contributed by atoms with Gasteiger partial charge in [0.1, 0.15) is 17.6 Å². The van der Waals surface area contributed by atoms with Crippen molar-refractivity contribution in [3.63, 3.8) is 0 Å². The lowest BCUT2D eigenvalue weighted by atomic mass is 9.98. The molecule has 35 heavy (non-hydrogen) atoms. The van der Waals surface area contributed by atoms with Crippen molar-refractivity contribution in [2.24, 2.45) is 0 Å². The van der Waals surface area contributed by atoms with E-state index in [0.717, 1.165) is 41.1 Å². The Bertz CT molecular complexity index is 1280. The molecule has 1 aliphatic rings. The fourth-order valence-corrected chi connectivity index (χ4v) is 4.93. The van der Waals surface area contributed by atoms with E-state index in [9.17, 15) is 27.9 Å². The second-order valence-corrected chi connectivity index (χ2v) is 9.00. The number of benzene rings is 2. The average Bonchev–Trinajstić information content (AvgIpc) is 3.37. The molecule has 4 rings (SSSR count). The number of ether oxygens (including phenoxy) is 1. The minimum atomic E-state index is -4.54. The molecule has 3 aromatic rings. The predicted molar refractivity (Wildman–Crippen MR) is 128 cm³/mol. The largest absolute Gasteiger partial charge is 0.507 e. The van der Waals surface area contributed by atoms with Gasteiger partial charge in [-0.05, 0) is 78.9 Å². The van der Waals surface area contributed by atoms with E-state index in [1.54, 1.807) is 36.6 Å². The standard InChI is InChI=1S/C26H22F3NO4S/c1-3-13-34-19-10-4-16(5-11-19)22(31)20-21(24-15(2)12-14-35-24)30(25(33)23(20)32)18-8-6-17(7-9-18)26(27,28)29/h4-12,14,21,31H,3,13H2,1-2H3/b22-20-. The van der Waals surface area contributed by atoms with Gasteiger partial charge in [0.15, 0.2) is 0 Å². The molecule has 1 aromatic heterocycles. The predicted octanol–water partition coefficient (Wildman–Crippen LogP) is 6.49. The number of nitrogens with zero attached hydrogens (tertiary/aromatic N) is 1. The summed E-state index contributed by atoms with van der Waals surface area (Å²) in [6, 6.07) is 11.4. The number of carbonyl (C=O) groups is 2. The quantitative estimate of drug-likeness (QED) is 0.238. The van der Waals surface area contributed by atoms with E-state index in [-0.39, 0.29) is 17.0 Å². The maximum absolute atomic E-state index is 13.1. The van der Waals surface area contributed by atoms with E-state index >= 15 is 0 Å². The third kappa shape index (κ3) is 4.68. The Hall–Kier alpha value is -3.59. The van der Waals surface area contributed by atoms with Gasteiger partial charge in [0.25, 0.3) is 11.7 Å². The molecule has 0 bridgehead atoms. The number of halogens is 3. The molecule has 0 spiro atoms. The number of amides is 1. The number of aliphatic hydroxyl groups is 1. The molecule has 182 valence electrons. The summed E-state index contributed by atoms with van der Waals surface area (Å²) in [7, 11) is 0. The Balaban J connectivity index is 1.82. The van der Waals surface area contributed by atoms with Crippen LogP contribution in [0, 0.1) is 6.92 Å². The first-order valence-electron chi connectivity index (χ1n) is 10.9. The van der Waals surface area contributed by atoms with Gasteiger partial charge >= 0.3 is 6.18 Å². The van der Waals surface area contributed by atoms with Crippen LogP contribution < -0.4 is 9.64 Å². The lowest BCUT2D eigenvalue weighted by molar-refractivity contribution is -0.137. The number of thiophene rings is 1. The minimum Gasteiger partial charge on any atom is -0.507 e. The summed E-state index contributed by atoms with van der Waals surface area (Å²) < 4.78 is 44.7. The van der Waals surface area contributed by atoms with Crippen LogP contribution in [0.4, 0.5) is 18.9 Å². The van der Waals surface area contributed by atoms with Gasteiger partial charge in [0.2, 0.25) is 0 Å². The third-order valence-electron chi connectivity index (χ3n) is 5.67. The van der Waals surface area contributed by atoms with Gasteiger partial charge in [-0.25, -0.2) is 0 Å². The number of carbonyl (C=O) groups excluding carboxylic acids is 2. The first-order chi connectivity index (χ1) is 16.6. The van der Waals surface area contributed by atoms with Gasteiger partial charge in [-0.2, -0.15) is 13.2 Å². The highest BCUT2D eigenvalue weighted by Gasteiger charge is 2.48. The summed E-state index contributed by atoms with van der Waals surface area (Å²) in [6.45, 7) is 4.31. The topological polar surface area (TPSA) is 66.8 Å². The summed E-state index contributed by atoms with van der Waals surface area (Å²) in [4.78, 5) is 28.0. The van der Waals surface area contributed by atoms with Crippen molar-refractivity contribution >= 4 is 34.5 Å². The third-order valence-corrected chi connectivity index (χ3v) is 6.74. The van der Waals surface area contributed by atoms with Crippen molar-refractivity contribution in [2.45, 2.75) is 32.5 Å². The van der Waals surface area contributed by atoms with Crippen molar-refractivity contribution in [2.75, 3.05) is 11.5 Å². The van der Waals surface area contributed by atoms with Crippen molar-refractivity contribution in [1.82, 2.24) is 0 Å². The van der Waals surface area contributed by atoms with E-state index in [4.69, 9.17) is 4.74 Å². The van der Waals surface area contributed by atoms with Crippen molar-refractivity contribution in [3.05, 3.63) is 87.1 Å². The average molecular weight is 502 g/mol. The molecule has 1 saturated heterocycles. The van der Waals surface area contributed by atoms with Crippen molar-refractivity contribution < 1.29 is 32.6 Å². The van der Waals surface area contributed by atoms with Crippen LogP contribution in [0.5, 0.6) is 5.75 Å². The van der Waals surface area contributed by atoms with Crippen LogP contribution in [0.2, 0.25) is 0 Å². The molecule has 0 aliphatic carbocycles. The Kier molecular flexibility index (Phi) is 6.71. The second-order valence-electron chi connectivity index (χ2n) is 8.05. The molecule has 1 atom stereocenters. The van der Waals surface area contributed by atoms with Crippen LogP contribution in [0.3, 0.4) is 0 Å². The minimum absolute atomic E-state index is 0.123. The molecule has 1 unspecified atom stereocenters.